The topological polar surface area (TPSA) is 76.1 Å². The van der Waals surface area contributed by atoms with Gasteiger partial charge in [-0.1, -0.05) is 13.0 Å². The van der Waals surface area contributed by atoms with Gasteiger partial charge < -0.3 is 19.5 Å². The fourth-order valence-corrected chi connectivity index (χ4v) is 2.40. The maximum absolute atomic E-state index is 12.5. The second-order valence-corrected chi connectivity index (χ2v) is 5.00. The first-order valence-corrected chi connectivity index (χ1v) is 7.23. The van der Waals surface area contributed by atoms with Gasteiger partial charge in [-0.15, -0.1) is 6.58 Å². The normalized spacial score (nSPS) is 16.9. The zero-order valence-electron chi connectivity index (χ0n) is 13.1. The Labute approximate surface area is 134 Å². The van der Waals surface area contributed by atoms with E-state index in [4.69, 9.17) is 14.6 Å². The molecule has 6 heteroatoms. The molecule has 1 amide bonds. The number of nitrogens with zero attached hydrogens (tertiary/aromatic N) is 1. The van der Waals surface area contributed by atoms with E-state index < -0.39 is 12.1 Å². The molecule has 23 heavy (non-hydrogen) atoms. The molecule has 1 heterocycles. The van der Waals surface area contributed by atoms with Crippen LogP contribution in [0, 0.1) is 0 Å². The predicted molar refractivity (Wildman–Crippen MR) is 86.9 cm³/mol. The molecule has 1 aromatic carbocycles. The summed E-state index contributed by atoms with van der Waals surface area (Å²) in [6, 6.07) is 3.37. The van der Waals surface area contributed by atoms with E-state index in [0.717, 1.165) is 6.08 Å². The van der Waals surface area contributed by atoms with Crippen molar-refractivity contribution in [3.8, 4) is 11.5 Å². The number of benzene rings is 1. The van der Waals surface area contributed by atoms with E-state index in [-0.39, 0.29) is 5.91 Å². The number of amides is 1. The monoisotopic (exact) mass is 317 g/mol. The first-order valence-electron chi connectivity index (χ1n) is 7.23. The second-order valence-electron chi connectivity index (χ2n) is 5.00. The number of carbonyl (C=O) groups excluding carboxylic acids is 1. The van der Waals surface area contributed by atoms with Crippen molar-refractivity contribution in [2.75, 3.05) is 18.6 Å². The standard InChI is InChI=1S/C17H19NO5/c1-4-8-18-12-9-11(6-7-15(19)20)10-14(22-3)16(12)23-13(5-2)17(18)21/h4,6-7,9-10,13H,1,5,8H2,2-3H3,(H,19,20)/b7-6+. The molecule has 1 aliphatic rings. The Bertz CT molecular complexity index is 665. The van der Waals surface area contributed by atoms with Gasteiger partial charge in [0.1, 0.15) is 0 Å². The maximum Gasteiger partial charge on any atom is 0.328 e. The Morgan fingerprint density at radius 2 is 2.26 bits per heavy atom. The number of methoxy groups -OCH3 is 1. The minimum absolute atomic E-state index is 0.152. The van der Waals surface area contributed by atoms with Gasteiger partial charge in [0.2, 0.25) is 0 Å². The summed E-state index contributed by atoms with van der Waals surface area (Å²) < 4.78 is 11.1. The van der Waals surface area contributed by atoms with Crippen LogP contribution in [-0.4, -0.2) is 36.7 Å². The van der Waals surface area contributed by atoms with Gasteiger partial charge in [-0.05, 0) is 30.2 Å². The van der Waals surface area contributed by atoms with Crippen molar-refractivity contribution in [3.05, 3.63) is 36.4 Å². The number of rotatable bonds is 6. The molecule has 6 nitrogen and oxygen atoms in total. The molecule has 122 valence electrons. The molecule has 0 radical (unpaired) electrons. The number of hydrogen-bond acceptors (Lipinski definition) is 4. The van der Waals surface area contributed by atoms with Crippen molar-refractivity contribution in [1.29, 1.82) is 0 Å². The smallest absolute Gasteiger partial charge is 0.328 e. The zero-order valence-corrected chi connectivity index (χ0v) is 13.1. The summed E-state index contributed by atoms with van der Waals surface area (Å²) in [6.07, 6.45) is 4.06. The van der Waals surface area contributed by atoms with Crippen LogP contribution < -0.4 is 14.4 Å². The number of hydrogen-bond donors (Lipinski definition) is 1. The van der Waals surface area contributed by atoms with Crippen LogP contribution in [-0.2, 0) is 9.59 Å². The molecule has 1 unspecified atom stereocenters. The van der Waals surface area contributed by atoms with E-state index in [9.17, 15) is 9.59 Å². The number of aliphatic carboxylic acids is 1. The van der Waals surface area contributed by atoms with Gasteiger partial charge in [-0.3, -0.25) is 4.79 Å². The summed E-state index contributed by atoms with van der Waals surface area (Å²) in [5.74, 6) is -0.273. The third-order valence-electron chi connectivity index (χ3n) is 3.47. The molecule has 0 fully saturated rings. The van der Waals surface area contributed by atoms with Gasteiger partial charge in [-0.25, -0.2) is 4.79 Å². The molecule has 1 N–H and O–H groups in total. The molecule has 1 aromatic rings. The molecule has 0 aromatic heterocycles. The van der Waals surface area contributed by atoms with E-state index in [1.807, 2.05) is 6.92 Å². The average Bonchev–Trinajstić information content (AvgIpc) is 2.54. The number of anilines is 1. The molecule has 0 saturated heterocycles. The lowest BCUT2D eigenvalue weighted by molar-refractivity contribution is -0.131. The number of ether oxygens (including phenoxy) is 2. The van der Waals surface area contributed by atoms with Crippen LogP contribution in [0.3, 0.4) is 0 Å². The lowest BCUT2D eigenvalue weighted by atomic mass is 10.1. The van der Waals surface area contributed by atoms with E-state index in [1.54, 1.807) is 23.1 Å². The molecule has 2 rings (SSSR count). The van der Waals surface area contributed by atoms with E-state index >= 15 is 0 Å². The average molecular weight is 317 g/mol. The van der Waals surface area contributed by atoms with Crippen LogP contribution in [0.2, 0.25) is 0 Å². The van der Waals surface area contributed by atoms with Crippen LogP contribution in [0.25, 0.3) is 6.08 Å². The minimum Gasteiger partial charge on any atom is -0.493 e. The van der Waals surface area contributed by atoms with Gasteiger partial charge in [0.25, 0.3) is 5.91 Å². The number of fused-ring (bicyclic) bond motifs is 1. The summed E-state index contributed by atoms with van der Waals surface area (Å²) >= 11 is 0. The molecular formula is C17H19NO5. The van der Waals surface area contributed by atoms with Crippen LogP contribution in [0.4, 0.5) is 5.69 Å². The van der Waals surface area contributed by atoms with Crippen LogP contribution in [0.1, 0.15) is 18.9 Å². The second kappa shape index (κ2) is 7.00. The molecule has 1 aliphatic heterocycles. The summed E-state index contributed by atoms with van der Waals surface area (Å²) in [7, 11) is 1.50. The highest BCUT2D eigenvalue weighted by Crippen LogP contribution is 2.43. The van der Waals surface area contributed by atoms with Crippen molar-refractivity contribution in [2.45, 2.75) is 19.4 Å². The van der Waals surface area contributed by atoms with E-state index in [2.05, 4.69) is 6.58 Å². The number of carboxylic acid groups (broad SMARTS) is 1. The van der Waals surface area contributed by atoms with E-state index in [1.165, 1.54) is 13.2 Å². The van der Waals surface area contributed by atoms with Gasteiger partial charge in [0, 0.05) is 12.6 Å². The summed E-state index contributed by atoms with van der Waals surface area (Å²) in [4.78, 5) is 24.8. The quantitative estimate of drug-likeness (QED) is 0.644. The van der Waals surface area contributed by atoms with Crippen molar-refractivity contribution >= 4 is 23.6 Å². The van der Waals surface area contributed by atoms with Crippen LogP contribution in [0.15, 0.2) is 30.9 Å². The lowest BCUT2D eigenvalue weighted by Crippen LogP contribution is -2.45. The van der Waals surface area contributed by atoms with Crippen molar-refractivity contribution in [3.63, 3.8) is 0 Å². The first-order chi connectivity index (χ1) is 11.0. The number of carbonyl (C=O) groups is 2. The van der Waals surface area contributed by atoms with Gasteiger partial charge in [-0.2, -0.15) is 0 Å². The van der Waals surface area contributed by atoms with Gasteiger partial charge in [0.05, 0.1) is 12.8 Å². The first kappa shape index (κ1) is 16.6. The largest absolute Gasteiger partial charge is 0.493 e. The van der Waals surface area contributed by atoms with Crippen LogP contribution >= 0.6 is 0 Å². The van der Waals surface area contributed by atoms with Crippen molar-refractivity contribution in [1.82, 2.24) is 0 Å². The fourth-order valence-electron chi connectivity index (χ4n) is 2.40. The lowest BCUT2D eigenvalue weighted by Gasteiger charge is -2.34. The Morgan fingerprint density at radius 1 is 1.52 bits per heavy atom. The SMILES string of the molecule is C=CCN1C(=O)C(CC)Oc2c(OC)cc(/C=C/C(=O)O)cc21. The molecule has 0 spiro atoms. The third-order valence-corrected chi connectivity index (χ3v) is 3.47. The minimum atomic E-state index is -1.05. The van der Waals surface area contributed by atoms with Crippen molar-refractivity contribution in [2.24, 2.45) is 0 Å². The Balaban J connectivity index is 2.57. The molecule has 1 atom stereocenters. The van der Waals surface area contributed by atoms with Gasteiger partial charge in [0.15, 0.2) is 17.6 Å². The maximum atomic E-state index is 12.5. The molecule has 0 saturated carbocycles. The molecular weight excluding hydrogens is 298 g/mol. The molecule has 0 aliphatic carbocycles. The van der Waals surface area contributed by atoms with Crippen LogP contribution in [0.5, 0.6) is 11.5 Å². The van der Waals surface area contributed by atoms with Gasteiger partial charge >= 0.3 is 5.97 Å². The Morgan fingerprint density at radius 3 is 2.83 bits per heavy atom. The highest BCUT2D eigenvalue weighted by Gasteiger charge is 2.34. The summed E-state index contributed by atoms with van der Waals surface area (Å²) in [6.45, 7) is 5.89. The number of carboxylic acids is 1. The highest BCUT2D eigenvalue weighted by molar-refractivity contribution is 6.01. The highest BCUT2D eigenvalue weighted by atomic mass is 16.5. The molecule has 0 bridgehead atoms. The summed E-state index contributed by atoms with van der Waals surface area (Å²) in [5.41, 5.74) is 1.15. The third kappa shape index (κ3) is 3.36. The zero-order chi connectivity index (χ0) is 17.0. The van der Waals surface area contributed by atoms with E-state index in [0.29, 0.717) is 35.7 Å². The predicted octanol–water partition coefficient (Wildman–Crippen LogP) is 2.48. The Kier molecular flexibility index (Phi) is 5.05. The van der Waals surface area contributed by atoms with Crippen molar-refractivity contribution < 1.29 is 24.2 Å². The summed E-state index contributed by atoms with van der Waals surface area (Å²) in [5, 5.41) is 8.76. The fraction of sp³-hybridized carbons (Fsp3) is 0.294. The Hall–Kier alpha value is -2.76.